The van der Waals surface area contributed by atoms with Gasteiger partial charge in [0.2, 0.25) is 6.08 Å². The van der Waals surface area contributed by atoms with Crippen LogP contribution in [0.5, 0.6) is 0 Å². The van der Waals surface area contributed by atoms with E-state index in [2.05, 4.69) is 19.1 Å². The first kappa shape index (κ1) is 14.4. The molecule has 5 heteroatoms. The minimum atomic E-state index is -2.00. The third-order valence-corrected chi connectivity index (χ3v) is 0.940. The topological polar surface area (TPSA) is 75.1 Å². The van der Waals surface area contributed by atoms with Gasteiger partial charge in [0.25, 0.3) is 0 Å². The van der Waals surface area contributed by atoms with Crippen LogP contribution in [0.1, 0.15) is 5.56 Å². The van der Waals surface area contributed by atoms with Crippen molar-refractivity contribution < 1.29 is 30.5 Å². The molecule has 68 valence electrons. The Balaban J connectivity index is 0. The average Bonchev–Trinajstić information content (AvgIpc) is 2.08. The fourth-order valence-electron chi connectivity index (χ4n) is 0.534. The molecule has 0 bridgehead atoms. The summed E-state index contributed by atoms with van der Waals surface area (Å²) in [5.74, 6) is 0. The molecule has 0 unspecified atom stereocenters. The van der Waals surface area contributed by atoms with Gasteiger partial charge >= 0.3 is 25.7 Å². The normalized spacial score (nSPS) is 5.92. The Kier molecular flexibility index (Phi) is 15.0. The number of carbonyl (C=O) groups excluding carboxylic acids is 1. The Morgan fingerprint density at radius 1 is 1.23 bits per heavy atom. The second kappa shape index (κ2) is 13.5. The van der Waals surface area contributed by atoms with Gasteiger partial charge in [-0.1, -0.05) is 35.9 Å². The minimum absolute atomic E-state index is 0.750. The van der Waals surface area contributed by atoms with Gasteiger partial charge in [0.1, 0.15) is 0 Å². The van der Waals surface area contributed by atoms with Gasteiger partial charge in [0, 0.05) is 0 Å². The van der Waals surface area contributed by atoms with E-state index < -0.39 is 19.1 Å². The summed E-state index contributed by atoms with van der Waals surface area (Å²) in [7, 11) is 0. The van der Waals surface area contributed by atoms with Crippen molar-refractivity contribution in [1.29, 1.82) is 5.41 Å². The molecule has 0 radical (unpaired) electrons. The van der Waals surface area contributed by atoms with Crippen molar-refractivity contribution in [3.05, 3.63) is 35.9 Å². The Hall–Kier alpha value is -1.09. The Bertz CT molecular complexity index is 263. The number of aryl methyl sites for hydroxylation is 1. The summed E-state index contributed by atoms with van der Waals surface area (Å²) in [6.45, 7) is 2.08. The zero-order chi connectivity index (χ0) is 10.5. The fourth-order valence-corrected chi connectivity index (χ4v) is 0.534. The molecule has 0 aromatic heterocycles. The molecule has 0 spiro atoms. The molecule has 0 amide bonds. The third-order valence-electron chi connectivity index (χ3n) is 0.940. The summed E-state index contributed by atoms with van der Waals surface area (Å²) >= 11 is -2.00. The van der Waals surface area contributed by atoms with Crippen molar-refractivity contribution in [2.24, 2.45) is 0 Å². The predicted octanol–water partition coefficient (Wildman–Crippen LogP) is 1.66. The molecule has 4 nitrogen and oxygen atoms in total. The first-order valence-electron chi connectivity index (χ1n) is 3.27. The molecule has 1 aromatic rings. The summed E-state index contributed by atoms with van der Waals surface area (Å²) in [4.78, 5) is 8.35. The van der Waals surface area contributed by atoms with E-state index in [0.29, 0.717) is 0 Å². The molecular weight excluding hydrogens is 206 g/mol. The second-order valence-corrected chi connectivity index (χ2v) is 2.10. The first-order valence-corrected chi connectivity index (χ1v) is 4.55. The molecule has 1 N–H and O–H groups in total. The van der Waals surface area contributed by atoms with E-state index in [4.69, 9.17) is 16.9 Å². The summed E-state index contributed by atoms with van der Waals surface area (Å²) in [5.41, 5.74) is 1.32. The average molecular weight is 215 g/mol. The Labute approximate surface area is 85.1 Å². The summed E-state index contributed by atoms with van der Waals surface area (Å²) in [5, 5.41) is 5.40. The summed E-state index contributed by atoms with van der Waals surface area (Å²) in [6, 6.07) is 10.3. The molecule has 0 aliphatic carbocycles. The number of nitrogens with one attached hydrogen (secondary N) is 1. The van der Waals surface area contributed by atoms with Crippen LogP contribution in [0.2, 0.25) is 0 Å². The molecule has 0 atom stereocenters. The molecular formula is C8H9NO3Ti. The monoisotopic (exact) mass is 215 g/mol. The molecule has 0 fully saturated rings. The van der Waals surface area contributed by atoms with Gasteiger partial charge in [-0.05, 0) is 6.92 Å². The number of rotatable bonds is 0. The van der Waals surface area contributed by atoms with Crippen LogP contribution in [0.25, 0.3) is 0 Å². The van der Waals surface area contributed by atoms with E-state index >= 15 is 0 Å². The third kappa shape index (κ3) is 18.1. The first-order chi connectivity index (χ1) is 6.22. The standard InChI is InChI=1S/C7H8.CHNO.2O.Ti/c1-7-5-3-2-4-6-7;2-1-3;;;/h2-6H,1H3;2H;;;. The number of isocyanates is 1. The maximum atomic E-state index is 8.50. The molecule has 0 aliphatic heterocycles. The van der Waals surface area contributed by atoms with Crippen molar-refractivity contribution in [2.75, 3.05) is 0 Å². The zero-order valence-electron chi connectivity index (χ0n) is 7.11. The summed E-state index contributed by atoms with van der Waals surface area (Å²) in [6.07, 6.45) is 0.750. The van der Waals surface area contributed by atoms with Crippen molar-refractivity contribution in [1.82, 2.24) is 0 Å². The van der Waals surface area contributed by atoms with Gasteiger partial charge in [-0.2, -0.15) is 0 Å². The second-order valence-electron chi connectivity index (χ2n) is 1.84. The molecule has 1 rings (SSSR count). The molecule has 0 heterocycles. The Morgan fingerprint density at radius 3 is 1.69 bits per heavy atom. The van der Waals surface area contributed by atoms with Crippen LogP contribution in [0.15, 0.2) is 30.3 Å². The van der Waals surface area contributed by atoms with Gasteiger partial charge in [-0.3, -0.25) is 0 Å². The van der Waals surface area contributed by atoms with Crippen LogP contribution in [-0.2, 0) is 30.5 Å². The molecule has 13 heavy (non-hydrogen) atoms. The van der Waals surface area contributed by atoms with Gasteiger partial charge in [0.05, 0.1) is 0 Å². The van der Waals surface area contributed by atoms with Crippen LogP contribution in [0, 0.1) is 12.3 Å². The van der Waals surface area contributed by atoms with Crippen LogP contribution >= 0.6 is 0 Å². The van der Waals surface area contributed by atoms with E-state index in [1.165, 1.54) is 5.56 Å². The maximum absolute atomic E-state index is 8.50. The van der Waals surface area contributed by atoms with Crippen molar-refractivity contribution in [3.8, 4) is 0 Å². The predicted molar refractivity (Wildman–Crippen MR) is 41.0 cm³/mol. The Morgan fingerprint density at radius 2 is 1.54 bits per heavy atom. The number of hydrogen-bond acceptors (Lipinski definition) is 4. The van der Waals surface area contributed by atoms with Crippen molar-refractivity contribution >= 4 is 6.08 Å². The van der Waals surface area contributed by atoms with Crippen LogP contribution in [-0.4, -0.2) is 6.08 Å². The van der Waals surface area contributed by atoms with Gasteiger partial charge in [0.15, 0.2) is 0 Å². The molecule has 0 aliphatic rings. The van der Waals surface area contributed by atoms with E-state index in [-0.39, 0.29) is 0 Å². The van der Waals surface area contributed by atoms with Crippen molar-refractivity contribution in [3.63, 3.8) is 0 Å². The van der Waals surface area contributed by atoms with E-state index in [0.717, 1.165) is 6.08 Å². The van der Waals surface area contributed by atoms with Crippen LogP contribution in [0.3, 0.4) is 0 Å². The zero-order valence-corrected chi connectivity index (χ0v) is 8.67. The number of hydrogen-bond donors (Lipinski definition) is 1. The molecule has 1 aromatic carbocycles. The van der Waals surface area contributed by atoms with Gasteiger partial charge in [-0.25, -0.2) is 10.2 Å². The fraction of sp³-hybridized carbons (Fsp3) is 0.125. The quantitative estimate of drug-likeness (QED) is 0.406. The van der Waals surface area contributed by atoms with Crippen molar-refractivity contribution in [2.45, 2.75) is 6.92 Å². The SMILES string of the molecule is Cc1ccccc1.N=C=O.[O]=[Ti]=[O]. The van der Waals surface area contributed by atoms with E-state index in [1.807, 2.05) is 18.2 Å². The van der Waals surface area contributed by atoms with Crippen LogP contribution < -0.4 is 0 Å². The molecule has 0 saturated heterocycles. The van der Waals surface area contributed by atoms with E-state index in [1.54, 1.807) is 0 Å². The van der Waals surface area contributed by atoms with Crippen LogP contribution in [0.4, 0.5) is 0 Å². The molecule has 0 saturated carbocycles. The van der Waals surface area contributed by atoms with Gasteiger partial charge in [-0.15, -0.1) is 0 Å². The van der Waals surface area contributed by atoms with Gasteiger partial charge < -0.3 is 0 Å². The summed E-state index contributed by atoms with van der Waals surface area (Å²) < 4.78 is 17.0. The van der Waals surface area contributed by atoms with E-state index in [9.17, 15) is 0 Å². The number of benzene rings is 1.